The Labute approximate surface area is 178 Å². The van der Waals surface area contributed by atoms with Gasteiger partial charge >= 0.3 is 5.97 Å². The number of carboxylic acid groups (broad SMARTS) is 1. The van der Waals surface area contributed by atoms with Gasteiger partial charge in [0.15, 0.2) is 0 Å². The van der Waals surface area contributed by atoms with Crippen molar-refractivity contribution in [1.82, 2.24) is 4.98 Å². The number of aromatic nitrogens is 1. The van der Waals surface area contributed by atoms with E-state index in [2.05, 4.69) is 0 Å². The molecule has 1 aliphatic heterocycles. The van der Waals surface area contributed by atoms with Crippen molar-refractivity contribution >= 4 is 34.7 Å². The van der Waals surface area contributed by atoms with Crippen LogP contribution in [0.1, 0.15) is 19.4 Å². The highest BCUT2D eigenvalue weighted by Crippen LogP contribution is 2.42. The van der Waals surface area contributed by atoms with E-state index in [1.807, 2.05) is 30.3 Å². The van der Waals surface area contributed by atoms with Crippen LogP contribution in [0.15, 0.2) is 60.7 Å². The molecule has 0 fully saturated rings. The Morgan fingerprint density at radius 2 is 1.69 bits per heavy atom. The fourth-order valence-electron chi connectivity index (χ4n) is 3.36. The molecule has 0 saturated carbocycles. The van der Waals surface area contributed by atoms with Crippen LogP contribution in [0.3, 0.4) is 0 Å². The molecule has 0 spiro atoms. The number of hydrogen-bond acceptors (Lipinski definition) is 3. The minimum absolute atomic E-state index is 0.157. The molecular formula is C23H17Cl2NO3. The average molecular weight is 426 g/mol. The first-order chi connectivity index (χ1) is 13.7. The van der Waals surface area contributed by atoms with Crippen LogP contribution < -0.4 is 4.74 Å². The van der Waals surface area contributed by atoms with Crippen molar-refractivity contribution in [3.05, 3.63) is 76.3 Å². The highest BCUT2D eigenvalue weighted by molar-refractivity contribution is 6.33. The van der Waals surface area contributed by atoms with Crippen LogP contribution in [-0.4, -0.2) is 21.7 Å². The van der Waals surface area contributed by atoms with E-state index in [0.717, 1.165) is 16.7 Å². The van der Waals surface area contributed by atoms with Crippen LogP contribution in [0.2, 0.25) is 10.0 Å². The fraction of sp³-hybridized carbons (Fsp3) is 0.130. The zero-order valence-corrected chi connectivity index (χ0v) is 17.3. The maximum atomic E-state index is 11.9. The van der Waals surface area contributed by atoms with E-state index in [-0.39, 0.29) is 11.5 Å². The van der Waals surface area contributed by atoms with Gasteiger partial charge < -0.3 is 9.84 Å². The molecule has 0 bridgehead atoms. The number of rotatable bonds is 3. The molecule has 0 amide bonds. The number of benzene rings is 2. The summed E-state index contributed by atoms with van der Waals surface area (Å²) < 4.78 is 6.00. The Morgan fingerprint density at radius 3 is 2.34 bits per heavy atom. The van der Waals surface area contributed by atoms with E-state index in [4.69, 9.17) is 32.9 Å². The number of aliphatic carboxylic acids is 1. The van der Waals surface area contributed by atoms with Gasteiger partial charge in [0.2, 0.25) is 5.88 Å². The van der Waals surface area contributed by atoms with E-state index in [0.29, 0.717) is 21.3 Å². The van der Waals surface area contributed by atoms with Crippen molar-refractivity contribution < 1.29 is 14.6 Å². The number of carbonyl (C=O) groups is 1. The molecule has 4 rings (SSSR count). The van der Waals surface area contributed by atoms with Crippen LogP contribution in [0.4, 0.5) is 0 Å². The summed E-state index contributed by atoms with van der Waals surface area (Å²) in [7, 11) is 0. The Balaban J connectivity index is 2.03. The molecule has 0 radical (unpaired) electrons. The van der Waals surface area contributed by atoms with Gasteiger partial charge in [-0.15, -0.1) is 0 Å². The van der Waals surface area contributed by atoms with Crippen molar-refractivity contribution in [2.45, 2.75) is 19.4 Å². The Kier molecular flexibility index (Phi) is 4.85. The molecule has 3 aromatic rings. The summed E-state index contributed by atoms with van der Waals surface area (Å²) in [5.74, 6) is -0.764. The van der Waals surface area contributed by atoms with Crippen molar-refractivity contribution in [3.8, 4) is 28.3 Å². The third-order valence-electron chi connectivity index (χ3n) is 4.64. The van der Waals surface area contributed by atoms with Crippen molar-refractivity contribution in [3.63, 3.8) is 0 Å². The first kappa shape index (κ1) is 19.5. The van der Waals surface area contributed by atoms with Gasteiger partial charge in [-0.3, -0.25) is 0 Å². The molecule has 0 saturated heterocycles. The van der Waals surface area contributed by atoms with Gasteiger partial charge in [0.1, 0.15) is 5.60 Å². The van der Waals surface area contributed by atoms with E-state index in [1.54, 1.807) is 44.2 Å². The van der Waals surface area contributed by atoms with Crippen molar-refractivity contribution in [2.24, 2.45) is 0 Å². The summed E-state index contributed by atoms with van der Waals surface area (Å²) in [6.45, 7) is 3.59. The number of halogens is 2. The summed E-state index contributed by atoms with van der Waals surface area (Å²) in [6, 6.07) is 16.5. The van der Waals surface area contributed by atoms with Crippen molar-refractivity contribution in [1.29, 1.82) is 0 Å². The minimum atomic E-state index is -1.03. The third-order valence-corrected chi connectivity index (χ3v) is 5.23. The number of hydrogen-bond donors (Lipinski definition) is 1. The first-order valence-electron chi connectivity index (χ1n) is 8.96. The van der Waals surface area contributed by atoms with Gasteiger partial charge in [-0.1, -0.05) is 53.5 Å². The topological polar surface area (TPSA) is 59.4 Å². The van der Waals surface area contributed by atoms with Gasteiger partial charge in [-0.2, -0.15) is 0 Å². The molecule has 4 nitrogen and oxygen atoms in total. The molecule has 0 unspecified atom stereocenters. The van der Waals surface area contributed by atoms with Gasteiger partial charge in [-0.25, -0.2) is 9.78 Å². The maximum absolute atomic E-state index is 11.9. The quantitative estimate of drug-likeness (QED) is 0.529. The number of ether oxygens (including phenoxy) is 1. The lowest BCUT2D eigenvalue weighted by Gasteiger charge is -2.30. The van der Waals surface area contributed by atoms with Crippen molar-refractivity contribution in [2.75, 3.05) is 0 Å². The van der Waals surface area contributed by atoms with E-state index < -0.39 is 11.6 Å². The molecule has 2 aromatic carbocycles. The van der Waals surface area contributed by atoms with E-state index in [9.17, 15) is 9.90 Å². The summed E-state index contributed by atoms with van der Waals surface area (Å²) in [5, 5.41) is 10.9. The van der Waals surface area contributed by atoms with Crippen LogP contribution in [-0.2, 0) is 4.79 Å². The van der Waals surface area contributed by atoms with Crippen LogP contribution in [0, 0.1) is 0 Å². The molecular weight excluding hydrogens is 409 g/mol. The zero-order valence-electron chi connectivity index (χ0n) is 15.7. The lowest BCUT2D eigenvalue weighted by atomic mass is 9.92. The summed E-state index contributed by atoms with van der Waals surface area (Å²) in [6.07, 6.45) is 1.60. The van der Waals surface area contributed by atoms with Crippen LogP contribution in [0.25, 0.3) is 28.0 Å². The predicted octanol–water partition coefficient (Wildman–Crippen LogP) is 6.36. The number of carboxylic acids is 1. The summed E-state index contributed by atoms with van der Waals surface area (Å²) >= 11 is 12.5. The minimum Gasteiger partial charge on any atom is -0.478 e. The molecule has 0 atom stereocenters. The van der Waals surface area contributed by atoms with Gasteiger partial charge in [0.25, 0.3) is 0 Å². The predicted molar refractivity (Wildman–Crippen MR) is 115 cm³/mol. The molecule has 29 heavy (non-hydrogen) atoms. The molecule has 1 aliphatic rings. The highest BCUT2D eigenvalue weighted by atomic mass is 35.5. The second-order valence-electron chi connectivity index (χ2n) is 7.29. The third kappa shape index (κ3) is 3.74. The molecule has 6 heteroatoms. The average Bonchev–Trinajstić information content (AvgIpc) is 2.67. The highest BCUT2D eigenvalue weighted by Gasteiger charge is 2.32. The van der Waals surface area contributed by atoms with Gasteiger partial charge in [0, 0.05) is 21.2 Å². The van der Waals surface area contributed by atoms with Crippen LogP contribution >= 0.6 is 23.2 Å². The Morgan fingerprint density at radius 1 is 1.00 bits per heavy atom. The number of nitrogens with zero attached hydrogens (tertiary/aromatic N) is 1. The molecule has 146 valence electrons. The van der Waals surface area contributed by atoms with Crippen LogP contribution in [0.5, 0.6) is 5.88 Å². The molecule has 1 aromatic heterocycles. The SMILES string of the molecule is CC1(C)C=C(C(=O)O)c2cc(-c3ccc(Cl)cc3)c(-c3ccccc3Cl)nc2O1. The smallest absolute Gasteiger partial charge is 0.336 e. The fourth-order valence-corrected chi connectivity index (χ4v) is 3.71. The lowest BCUT2D eigenvalue weighted by molar-refractivity contribution is -0.130. The van der Waals surface area contributed by atoms with E-state index in [1.165, 1.54) is 0 Å². The second-order valence-corrected chi connectivity index (χ2v) is 8.14. The number of fused-ring (bicyclic) bond motifs is 1. The van der Waals surface area contributed by atoms with Gasteiger partial charge in [0.05, 0.1) is 16.8 Å². The Hall–Kier alpha value is -2.82. The van der Waals surface area contributed by atoms with Gasteiger partial charge in [-0.05, 0) is 49.8 Å². The first-order valence-corrected chi connectivity index (χ1v) is 9.72. The Bertz CT molecular complexity index is 1150. The largest absolute Gasteiger partial charge is 0.478 e. The lowest BCUT2D eigenvalue weighted by Crippen LogP contribution is -2.31. The monoisotopic (exact) mass is 425 g/mol. The molecule has 0 aliphatic carbocycles. The number of pyridine rings is 1. The van der Waals surface area contributed by atoms with E-state index >= 15 is 0 Å². The second kappa shape index (κ2) is 7.21. The molecule has 1 N–H and O–H groups in total. The maximum Gasteiger partial charge on any atom is 0.336 e. The normalized spacial score (nSPS) is 14.6. The summed E-state index contributed by atoms with van der Waals surface area (Å²) in [4.78, 5) is 16.6. The summed E-state index contributed by atoms with van der Waals surface area (Å²) in [5.41, 5.74) is 2.71. The zero-order chi connectivity index (χ0) is 20.8. The standard InChI is InChI=1S/C23H17Cl2NO3/c1-23(2)12-18(22(27)28)17-11-16(13-7-9-14(24)10-8-13)20(26-21(17)29-23)15-5-3-4-6-19(15)25/h3-12H,1-2H3,(H,27,28). The molecule has 2 heterocycles.